The van der Waals surface area contributed by atoms with E-state index in [-0.39, 0.29) is 18.2 Å². The van der Waals surface area contributed by atoms with E-state index in [1.54, 1.807) is 18.2 Å². The van der Waals surface area contributed by atoms with Crippen LogP contribution in [0.15, 0.2) is 18.2 Å². The molecule has 7 N–H and O–H groups in total. The smallest absolute Gasteiger partial charge is 0.335 e. The molecule has 29 heavy (non-hydrogen) atoms. The molecule has 3 amide bonds. The van der Waals surface area contributed by atoms with Crippen molar-refractivity contribution in [3.63, 3.8) is 0 Å². The molecule has 1 aromatic rings. The van der Waals surface area contributed by atoms with Crippen molar-refractivity contribution in [3.05, 3.63) is 29.3 Å². The van der Waals surface area contributed by atoms with Crippen molar-refractivity contribution in [1.29, 1.82) is 0 Å². The summed E-state index contributed by atoms with van der Waals surface area (Å²) in [4.78, 5) is 56.3. The lowest BCUT2D eigenvalue weighted by Gasteiger charge is -2.29. The van der Waals surface area contributed by atoms with E-state index in [9.17, 15) is 24.0 Å². The summed E-state index contributed by atoms with van der Waals surface area (Å²) in [6, 6.07) is 4.58. The molecule has 12 heteroatoms. The maximum absolute atomic E-state index is 12.3. The first-order valence-electron chi connectivity index (χ1n) is 8.38. The van der Waals surface area contributed by atoms with E-state index in [2.05, 4.69) is 5.32 Å². The summed E-state index contributed by atoms with van der Waals surface area (Å²) in [5.41, 5.74) is 7.71. The molecule has 1 aromatic carbocycles. The van der Waals surface area contributed by atoms with E-state index in [1.165, 1.54) is 4.90 Å². The van der Waals surface area contributed by atoms with Crippen LogP contribution >= 0.6 is 0 Å². The number of nitrogen functional groups attached to an aromatic ring is 1. The Bertz CT molecular complexity index is 852. The molecule has 1 unspecified atom stereocenters. The maximum atomic E-state index is 12.3. The van der Waals surface area contributed by atoms with Crippen LogP contribution in [-0.2, 0) is 25.7 Å². The number of imide groups is 1. The Morgan fingerprint density at radius 1 is 1.10 bits per heavy atom. The van der Waals surface area contributed by atoms with Gasteiger partial charge < -0.3 is 31.1 Å². The first-order chi connectivity index (χ1) is 13.5. The van der Waals surface area contributed by atoms with Gasteiger partial charge in [0.05, 0.1) is 0 Å². The number of aliphatic carboxylic acids is 2. The van der Waals surface area contributed by atoms with E-state index in [0.717, 1.165) is 5.56 Å². The number of anilines is 1. The minimum Gasteiger partial charge on any atom is -0.479 e. The van der Waals surface area contributed by atoms with Crippen molar-refractivity contribution in [1.82, 2.24) is 10.2 Å². The van der Waals surface area contributed by atoms with Gasteiger partial charge in [-0.3, -0.25) is 19.7 Å². The summed E-state index contributed by atoms with van der Waals surface area (Å²) < 4.78 is 0. The highest BCUT2D eigenvalue weighted by atomic mass is 16.4. The molecule has 2 aliphatic heterocycles. The number of rotatable bonds is 4. The quantitative estimate of drug-likeness (QED) is 0.236. The number of amides is 3. The summed E-state index contributed by atoms with van der Waals surface area (Å²) in [5, 5.41) is 34.8. The van der Waals surface area contributed by atoms with Crippen LogP contribution in [0.5, 0.6) is 0 Å². The van der Waals surface area contributed by atoms with E-state index in [0.29, 0.717) is 24.2 Å². The van der Waals surface area contributed by atoms with Crippen molar-refractivity contribution < 1.29 is 44.4 Å². The molecule has 1 saturated heterocycles. The third-order valence-electron chi connectivity index (χ3n) is 4.42. The predicted molar refractivity (Wildman–Crippen MR) is 94.2 cm³/mol. The Morgan fingerprint density at radius 2 is 1.69 bits per heavy atom. The normalized spacial score (nSPS) is 20.1. The minimum absolute atomic E-state index is 0.197. The molecular weight excluding hydrogens is 390 g/mol. The molecule has 0 aromatic heterocycles. The van der Waals surface area contributed by atoms with Gasteiger partial charge in [-0.1, -0.05) is 6.07 Å². The monoisotopic (exact) mass is 409 g/mol. The van der Waals surface area contributed by atoms with Crippen LogP contribution < -0.4 is 11.1 Å². The van der Waals surface area contributed by atoms with Crippen molar-refractivity contribution in [2.45, 2.75) is 37.6 Å². The number of benzene rings is 1. The number of aliphatic hydroxyl groups is 2. The molecule has 0 radical (unpaired) electrons. The molecule has 2 aliphatic rings. The number of hydrogen-bond donors (Lipinski definition) is 6. The van der Waals surface area contributed by atoms with Gasteiger partial charge in [0.25, 0.3) is 5.91 Å². The van der Waals surface area contributed by atoms with Crippen LogP contribution in [0.4, 0.5) is 5.69 Å². The van der Waals surface area contributed by atoms with Gasteiger partial charge in [0.15, 0.2) is 12.2 Å². The van der Waals surface area contributed by atoms with Gasteiger partial charge in [-0.2, -0.15) is 0 Å². The number of carboxylic acids is 2. The van der Waals surface area contributed by atoms with Crippen molar-refractivity contribution in [2.24, 2.45) is 0 Å². The molecule has 156 valence electrons. The average molecular weight is 409 g/mol. The molecule has 1 fully saturated rings. The molecule has 0 aliphatic carbocycles. The van der Waals surface area contributed by atoms with Gasteiger partial charge >= 0.3 is 11.9 Å². The molecule has 3 atom stereocenters. The Kier molecular flexibility index (Phi) is 6.51. The van der Waals surface area contributed by atoms with Crippen LogP contribution in [0.3, 0.4) is 0 Å². The van der Waals surface area contributed by atoms with E-state index >= 15 is 0 Å². The summed E-state index contributed by atoms with van der Waals surface area (Å²) in [7, 11) is 0. The lowest BCUT2D eigenvalue weighted by atomic mass is 10.0. The fourth-order valence-corrected chi connectivity index (χ4v) is 2.88. The number of hydrogen-bond acceptors (Lipinski definition) is 8. The highest BCUT2D eigenvalue weighted by Gasteiger charge is 2.39. The van der Waals surface area contributed by atoms with Crippen molar-refractivity contribution in [2.75, 3.05) is 5.73 Å². The molecular formula is C17H19N3O9. The molecule has 12 nitrogen and oxygen atoms in total. The number of fused-ring (bicyclic) bond motifs is 1. The van der Waals surface area contributed by atoms with Gasteiger partial charge in [-0.15, -0.1) is 0 Å². The fraction of sp³-hybridized carbons (Fsp3) is 0.353. The summed E-state index contributed by atoms with van der Waals surface area (Å²) in [5.74, 6) is -4.43. The number of aliphatic hydroxyl groups excluding tert-OH is 2. The Balaban J connectivity index is 0.000000257. The third-order valence-corrected chi connectivity index (χ3v) is 4.42. The van der Waals surface area contributed by atoms with Crippen LogP contribution in [0, 0.1) is 0 Å². The Morgan fingerprint density at radius 3 is 2.17 bits per heavy atom. The zero-order valence-electron chi connectivity index (χ0n) is 14.9. The van der Waals surface area contributed by atoms with Gasteiger partial charge in [0.2, 0.25) is 11.8 Å². The maximum Gasteiger partial charge on any atom is 0.335 e. The Labute approximate surface area is 163 Å². The number of carbonyl (C=O) groups excluding carboxylic acids is 3. The number of carboxylic acid groups (broad SMARTS) is 2. The lowest BCUT2D eigenvalue weighted by molar-refractivity contribution is -0.165. The van der Waals surface area contributed by atoms with Crippen LogP contribution in [0.25, 0.3) is 0 Å². The third kappa shape index (κ3) is 4.67. The first-order valence-corrected chi connectivity index (χ1v) is 8.38. The highest BCUT2D eigenvalue weighted by Crippen LogP contribution is 2.30. The van der Waals surface area contributed by atoms with Crippen molar-refractivity contribution in [3.8, 4) is 0 Å². The first kappa shape index (κ1) is 21.8. The largest absolute Gasteiger partial charge is 0.479 e. The van der Waals surface area contributed by atoms with Gasteiger partial charge in [0, 0.05) is 29.8 Å². The number of nitrogens with zero attached hydrogens (tertiary/aromatic N) is 1. The Hall–Kier alpha value is -3.51. The van der Waals surface area contributed by atoms with Gasteiger partial charge in [0.1, 0.15) is 6.04 Å². The van der Waals surface area contributed by atoms with Crippen molar-refractivity contribution >= 4 is 35.3 Å². The average Bonchev–Trinajstić information content (AvgIpc) is 2.99. The van der Waals surface area contributed by atoms with Crippen LogP contribution in [-0.4, -0.2) is 73.2 Å². The number of carbonyl (C=O) groups is 5. The number of piperidine rings is 1. The molecule has 0 saturated carbocycles. The lowest BCUT2D eigenvalue weighted by Crippen LogP contribution is -2.52. The summed E-state index contributed by atoms with van der Waals surface area (Å²) in [6.45, 7) is 0.327. The summed E-state index contributed by atoms with van der Waals surface area (Å²) >= 11 is 0. The second kappa shape index (κ2) is 8.67. The topological polar surface area (TPSA) is 208 Å². The second-order valence-corrected chi connectivity index (χ2v) is 6.34. The molecule has 0 spiro atoms. The van der Waals surface area contributed by atoms with E-state index < -0.39 is 36.1 Å². The van der Waals surface area contributed by atoms with Crippen LogP contribution in [0.1, 0.15) is 28.8 Å². The SMILES string of the molecule is Nc1cccc2c1CN(C1CCC(=O)NC1=O)C2=O.O=C(O)[C@@H](O)[C@H](O)C(=O)O. The van der Waals surface area contributed by atoms with E-state index in [1.807, 2.05) is 0 Å². The zero-order chi connectivity index (χ0) is 21.9. The highest BCUT2D eigenvalue weighted by molar-refractivity contribution is 6.06. The predicted octanol–water partition coefficient (Wildman–Crippen LogP) is -2.09. The minimum atomic E-state index is -2.27. The van der Waals surface area contributed by atoms with Crippen LogP contribution in [0.2, 0.25) is 0 Å². The summed E-state index contributed by atoms with van der Waals surface area (Å²) in [6.07, 6.45) is -3.91. The molecule has 2 heterocycles. The number of nitrogens with two attached hydrogens (primary N) is 1. The van der Waals surface area contributed by atoms with Gasteiger partial charge in [-0.25, -0.2) is 9.59 Å². The fourth-order valence-electron chi connectivity index (χ4n) is 2.88. The standard InChI is InChI=1S/C13H13N3O3.C4H6O6/c14-9-3-1-2-7-8(9)6-16(13(7)19)10-4-5-11(17)15-12(10)18;5-1(3(7)8)2(6)4(9)10/h1-3,10H,4-6,14H2,(H,15,17,18);1-2,5-6H,(H,7,8)(H,9,10)/t;1-,2-/m.0/s1. The second-order valence-electron chi connectivity index (χ2n) is 6.34. The number of nitrogens with one attached hydrogen (secondary N) is 1. The van der Waals surface area contributed by atoms with E-state index in [4.69, 9.17) is 26.2 Å². The zero-order valence-corrected chi connectivity index (χ0v) is 14.9. The molecule has 3 rings (SSSR count). The molecule has 0 bridgehead atoms. The van der Waals surface area contributed by atoms with Gasteiger partial charge in [-0.05, 0) is 18.6 Å².